The minimum Gasteiger partial charge on any atom is -0.394 e. The summed E-state index contributed by atoms with van der Waals surface area (Å²) in [5, 5.41) is 83.4. The van der Waals surface area contributed by atoms with Crippen molar-refractivity contribution in [3.8, 4) is 0 Å². The van der Waals surface area contributed by atoms with Crippen molar-refractivity contribution >= 4 is 5.91 Å². The van der Waals surface area contributed by atoms with E-state index in [1.165, 1.54) is 6.92 Å². The van der Waals surface area contributed by atoms with Crippen LogP contribution in [0.25, 0.3) is 0 Å². The number of ether oxygens (including phenoxy) is 5. The zero-order chi connectivity index (χ0) is 25.3. The summed E-state index contributed by atoms with van der Waals surface area (Å²) in [5.41, 5.74) is 0. The third-order valence-electron chi connectivity index (χ3n) is 6.06. The van der Waals surface area contributed by atoms with Crippen molar-refractivity contribution in [2.45, 2.75) is 99.8 Å². The molecule has 3 aliphatic rings. The molecule has 14 atom stereocenters. The molecule has 15 heteroatoms. The number of amides is 1. The van der Waals surface area contributed by atoms with Crippen molar-refractivity contribution in [3.63, 3.8) is 0 Å². The number of carbonyl (C=O) groups excluding carboxylic acids is 1. The van der Waals surface area contributed by atoms with Gasteiger partial charge in [-0.1, -0.05) is 0 Å². The molecular formula is C19H33NO14. The van der Waals surface area contributed by atoms with E-state index >= 15 is 0 Å². The lowest BCUT2D eigenvalue weighted by molar-refractivity contribution is -0.368. The Balaban J connectivity index is 1.82. The molecule has 0 aromatic heterocycles. The van der Waals surface area contributed by atoms with Gasteiger partial charge in [-0.2, -0.15) is 0 Å². The van der Waals surface area contributed by atoms with Crippen LogP contribution in [0.2, 0.25) is 0 Å². The highest BCUT2D eigenvalue weighted by Gasteiger charge is 2.52. The minimum atomic E-state index is -1.74. The largest absolute Gasteiger partial charge is 0.394 e. The van der Waals surface area contributed by atoms with E-state index in [1.807, 2.05) is 0 Å². The second kappa shape index (κ2) is 11.3. The molecule has 3 rings (SSSR count). The Labute approximate surface area is 194 Å². The Hall–Kier alpha value is -1.05. The summed E-state index contributed by atoms with van der Waals surface area (Å²) >= 11 is 0. The van der Waals surface area contributed by atoms with Crippen LogP contribution >= 0.6 is 0 Å². The van der Waals surface area contributed by atoms with E-state index in [-0.39, 0.29) is 0 Å². The molecule has 9 N–H and O–H groups in total. The number of aliphatic hydroxyl groups is 8. The summed E-state index contributed by atoms with van der Waals surface area (Å²) in [6.07, 6.45) is -19.5. The van der Waals surface area contributed by atoms with E-state index in [1.54, 1.807) is 0 Å². The highest BCUT2D eigenvalue weighted by Crippen LogP contribution is 2.30. The molecule has 3 fully saturated rings. The standard InChI is InChI=1S/C19H33NO14/c1-5-10(24)13(27)14(28)18(31-5)34-16-11(25)7(23)4-30-19(16)33-15-9(20-6(2)22)17(29)32-8(3-21)12(15)26/h5,7-19,21,23-29H,3-4H2,1-2H3,(H,20,22)/t5-,7-,8+,9+,10+,11-,12+,13+,14-,15+,16+,17+,18-,19-/m0/s1. The highest BCUT2D eigenvalue weighted by molar-refractivity contribution is 5.73. The summed E-state index contributed by atoms with van der Waals surface area (Å²) < 4.78 is 27.2. The fraction of sp³-hybridized carbons (Fsp3) is 0.947. The predicted molar refractivity (Wildman–Crippen MR) is 105 cm³/mol. The van der Waals surface area contributed by atoms with E-state index in [4.69, 9.17) is 23.7 Å². The summed E-state index contributed by atoms with van der Waals surface area (Å²) in [4.78, 5) is 11.6. The van der Waals surface area contributed by atoms with Gasteiger partial charge in [0.25, 0.3) is 0 Å². The second-order valence-electron chi connectivity index (χ2n) is 8.61. The van der Waals surface area contributed by atoms with Gasteiger partial charge < -0.3 is 69.9 Å². The van der Waals surface area contributed by atoms with Gasteiger partial charge >= 0.3 is 0 Å². The lowest BCUT2D eigenvalue weighted by Gasteiger charge is -2.47. The zero-order valence-electron chi connectivity index (χ0n) is 18.5. The van der Waals surface area contributed by atoms with Crippen molar-refractivity contribution in [2.75, 3.05) is 13.2 Å². The maximum atomic E-state index is 11.6. The van der Waals surface area contributed by atoms with Gasteiger partial charge in [0.05, 0.1) is 19.3 Å². The zero-order valence-corrected chi connectivity index (χ0v) is 18.5. The first-order chi connectivity index (χ1) is 16.0. The normalized spacial score (nSPS) is 50.1. The van der Waals surface area contributed by atoms with Crippen molar-refractivity contribution in [1.29, 1.82) is 0 Å². The molecule has 0 spiro atoms. The highest BCUT2D eigenvalue weighted by atomic mass is 16.8. The van der Waals surface area contributed by atoms with Crippen molar-refractivity contribution < 1.29 is 69.3 Å². The quantitative estimate of drug-likeness (QED) is 0.166. The summed E-state index contributed by atoms with van der Waals surface area (Å²) in [7, 11) is 0. The van der Waals surface area contributed by atoms with Crippen LogP contribution in [0.5, 0.6) is 0 Å². The monoisotopic (exact) mass is 499 g/mol. The lowest BCUT2D eigenvalue weighted by Crippen LogP contribution is -2.67. The van der Waals surface area contributed by atoms with Gasteiger partial charge in [0.1, 0.15) is 61.0 Å². The third kappa shape index (κ3) is 5.67. The molecule has 0 aliphatic carbocycles. The summed E-state index contributed by atoms with van der Waals surface area (Å²) in [6, 6.07) is -1.32. The van der Waals surface area contributed by atoms with Gasteiger partial charge in [-0.3, -0.25) is 4.79 Å². The van der Waals surface area contributed by atoms with E-state index in [0.717, 1.165) is 6.92 Å². The molecule has 1 amide bonds. The van der Waals surface area contributed by atoms with Gasteiger partial charge in [-0.25, -0.2) is 0 Å². The molecule has 3 saturated heterocycles. The fourth-order valence-electron chi connectivity index (χ4n) is 4.10. The minimum absolute atomic E-state index is 0.423. The number of aliphatic hydroxyl groups excluding tert-OH is 8. The maximum absolute atomic E-state index is 11.6. The van der Waals surface area contributed by atoms with Crippen LogP contribution < -0.4 is 5.32 Å². The molecule has 0 unspecified atom stereocenters. The molecule has 0 aromatic carbocycles. The Morgan fingerprint density at radius 3 is 2.15 bits per heavy atom. The maximum Gasteiger partial charge on any atom is 0.217 e. The number of rotatable bonds is 6. The summed E-state index contributed by atoms with van der Waals surface area (Å²) in [5.74, 6) is -0.594. The second-order valence-corrected chi connectivity index (χ2v) is 8.61. The molecular weight excluding hydrogens is 466 g/mol. The number of hydrogen-bond donors (Lipinski definition) is 9. The average Bonchev–Trinajstić information content (AvgIpc) is 2.79. The molecule has 34 heavy (non-hydrogen) atoms. The van der Waals surface area contributed by atoms with Crippen LogP contribution in [0.3, 0.4) is 0 Å². The van der Waals surface area contributed by atoms with Crippen molar-refractivity contribution in [1.82, 2.24) is 5.32 Å². The Morgan fingerprint density at radius 1 is 0.882 bits per heavy atom. The number of nitrogens with one attached hydrogen (secondary N) is 1. The van der Waals surface area contributed by atoms with Crippen LogP contribution in [-0.4, -0.2) is 146 Å². The number of carbonyl (C=O) groups is 1. The predicted octanol–water partition coefficient (Wildman–Crippen LogP) is -5.76. The Bertz CT molecular complexity index is 685. The fourth-order valence-corrected chi connectivity index (χ4v) is 4.10. The molecule has 0 saturated carbocycles. The smallest absolute Gasteiger partial charge is 0.217 e. The topological polar surface area (TPSA) is 237 Å². The van der Waals surface area contributed by atoms with Gasteiger partial charge in [0.2, 0.25) is 5.91 Å². The van der Waals surface area contributed by atoms with E-state index in [0.29, 0.717) is 0 Å². The van der Waals surface area contributed by atoms with E-state index in [9.17, 15) is 45.6 Å². The molecule has 0 radical (unpaired) electrons. The van der Waals surface area contributed by atoms with Crippen molar-refractivity contribution in [2.24, 2.45) is 0 Å². The first-order valence-electron chi connectivity index (χ1n) is 10.8. The summed E-state index contributed by atoms with van der Waals surface area (Å²) in [6.45, 7) is 1.45. The van der Waals surface area contributed by atoms with Gasteiger partial charge in [-0.05, 0) is 6.92 Å². The van der Waals surface area contributed by atoms with Crippen LogP contribution in [0.4, 0.5) is 0 Å². The van der Waals surface area contributed by atoms with Crippen LogP contribution in [0.15, 0.2) is 0 Å². The Morgan fingerprint density at radius 2 is 1.53 bits per heavy atom. The first kappa shape index (κ1) is 27.5. The molecule has 3 aliphatic heterocycles. The van der Waals surface area contributed by atoms with Gasteiger partial charge in [0.15, 0.2) is 18.9 Å². The average molecular weight is 499 g/mol. The van der Waals surface area contributed by atoms with Crippen LogP contribution in [0, 0.1) is 0 Å². The van der Waals surface area contributed by atoms with Crippen LogP contribution in [-0.2, 0) is 28.5 Å². The first-order valence-corrected chi connectivity index (χ1v) is 10.8. The van der Waals surface area contributed by atoms with Gasteiger partial charge in [-0.15, -0.1) is 0 Å². The lowest BCUT2D eigenvalue weighted by atomic mass is 9.96. The third-order valence-corrected chi connectivity index (χ3v) is 6.06. The Kier molecular flexibility index (Phi) is 9.18. The van der Waals surface area contributed by atoms with E-state index in [2.05, 4.69) is 5.32 Å². The SMILES string of the molecule is CC(=O)N[C@@H]1[C@@H](O[C@@H]2OC[C@H](O)[C@H](O)[C@H]2O[C@@H]2O[C@@H](C)[C@@H](O)[C@@H](O)[C@@H]2O)[C@H](O)[C@@H](CO)O[C@H]1O. The van der Waals surface area contributed by atoms with Gasteiger partial charge in [0, 0.05) is 6.92 Å². The number of hydrogen-bond acceptors (Lipinski definition) is 14. The molecule has 3 heterocycles. The molecule has 0 bridgehead atoms. The molecule has 0 aromatic rings. The van der Waals surface area contributed by atoms with Crippen LogP contribution in [0.1, 0.15) is 13.8 Å². The van der Waals surface area contributed by atoms with E-state index < -0.39 is 105 Å². The molecule has 15 nitrogen and oxygen atoms in total. The molecule has 198 valence electrons. The van der Waals surface area contributed by atoms with Crippen molar-refractivity contribution in [3.05, 3.63) is 0 Å².